The van der Waals surface area contributed by atoms with E-state index < -0.39 is 30.7 Å². The molecule has 7 nitrogen and oxygen atoms in total. The minimum absolute atomic E-state index is 0.0923. The number of halogens is 3. The van der Waals surface area contributed by atoms with Gasteiger partial charge in [0.05, 0.1) is 18.8 Å². The number of amidine groups is 1. The van der Waals surface area contributed by atoms with Gasteiger partial charge in [-0.15, -0.1) is 0 Å². The molecule has 158 valence electrons. The Morgan fingerprint density at radius 3 is 2.83 bits per heavy atom. The van der Waals surface area contributed by atoms with Crippen LogP contribution in [0.5, 0.6) is 11.5 Å². The summed E-state index contributed by atoms with van der Waals surface area (Å²) in [5, 5.41) is 12.5. The number of aliphatic imine (C=N–C) groups is 1. The lowest BCUT2D eigenvalue weighted by atomic mass is 9.98. The summed E-state index contributed by atoms with van der Waals surface area (Å²) in [4.78, 5) is 4.54. The third kappa shape index (κ3) is 3.76. The van der Waals surface area contributed by atoms with E-state index in [-0.39, 0.29) is 29.7 Å². The Hall–Kier alpha value is -1.69. The van der Waals surface area contributed by atoms with Crippen molar-refractivity contribution in [1.82, 2.24) is 5.32 Å². The molecule has 0 spiro atoms. The van der Waals surface area contributed by atoms with E-state index in [1.807, 2.05) is 0 Å². The average molecular weight is 432 g/mol. The Morgan fingerprint density at radius 1 is 1.17 bits per heavy atom. The third-order valence-corrected chi connectivity index (χ3v) is 6.65. The molecule has 4 aliphatic rings. The Bertz CT molecular complexity index is 823. The first-order valence-corrected chi connectivity index (χ1v) is 10.2. The first-order chi connectivity index (χ1) is 13.9. The molecule has 2 fully saturated rings. The van der Waals surface area contributed by atoms with Crippen LogP contribution in [0.3, 0.4) is 0 Å². The van der Waals surface area contributed by atoms with Gasteiger partial charge in [0.1, 0.15) is 12.1 Å². The molecule has 0 radical (unpaired) electrons. The highest BCUT2D eigenvalue weighted by Crippen LogP contribution is 2.41. The lowest BCUT2D eigenvalue weighted by molar-refractivity contribution is -0.155. The fourth-order valence-electron chi connectivity index (χ4n) is 3.88. The van der Waals surface area contributed by atoms with Crippen LogP contribution in [0, 0.1) is 0 Å². The number of ether oxygens (including phenoxy) is 4. The second-order valence-electron chi connectivity index (χ2n) is 7.37. The first-order valence-electron chi connectivity index (χ1n) is 9.29. The number of hydrogen-bond donors (Lipinski definition) is 2. The number of hydrogen-bond acceptors (Lipinski definition) is 8. The second-order valence-corrected chi connectivity index (χ2v) is 8.60. The van der Waals surface area contributed by atoms with E-state index >= 15 is 0 Å². The van der Waals surface area contributed by atoms with Crippen molar-refractivity contribution in [3.8, 4) is 11.5 Å². The Morgan fingerprint density at radius 2 is 2.00 bits per heavy atom. The van der Waals surface area contributed by atoms with Gasteiger partial charge >= 0.3 is 6.18 Å². The molecule has 0 aromatic heterocycles. The molecule has 1 aromatic carbocycles. The zero-order valence-corrected chi connectivity index (χ0v) is 15.9. The zero-order valence-electron chi connectivity index (χ0n) is 15.1. The fraction of sp³-hybridized carbons (Fsp3) is 0.611. The quantitative estimate of drug-likeness (QED) is 0.743. The van der Waals surface area contributed by atoms with Gasteiger partial charge in [-0.25, -0.2) is 0 Å². The maximum Gasteiger partial charge on any atom is 0.408 e. The Balaban J connectivity index is 1.40. The van der Waals surface area contributed by atoms with Crippen LogP contribution >= 0.6 is 11.8 Å². The highest BCUT2D eigenvalue weighted by atomic mass is 32.2. The molecule has 0 amide bonds. The van der Waals surface area contributed by atoms with Gasteiger partial charge < -0.3 is 29.4 Å². The molecule has 11 heteroatoms. The predicted octanol–water partition coefficient (Wildman–Crippen LogP) is 2.34. The highest BCUT2D eigenvalue weighted by Gasteiger charge is 2.47. The second kappa shape index (κ2) is 7.22. The number of aliphatic hydroxyl groups excluding tert-OH is 1. The van der Waals surface area contributed by atoms with Gasteiger partial charge in [-0.3, -0.25) is 4.99 Å². The van der Waals surface area contributed by atoms with Crippen LogP contribution in [0.1, 0.15) is 24.4 Å². The number of nitrogens with zero attached hydrogens (tertiary/aromatic N) is 1. The number of aliphatic hydroxyl groups is 1. The van der Waals surface area contributed by atoms with Crippen molar-refractivity contribution in [1.29, 1.82) is 0 Å². The molecular formula is C18H19F3N2O5S. The molecule has 29 heavy (non-hydrogen) atoms. The van der Waals surface area contributed by atoms with Crippen molar-refractivity contribution < 1.29 is 37.2 Å². The topological polar surface area (TPSA) is 81.5 Å². The maximum atomic E-state index is 13.6. The molecule has 0 unspecified atom stereocenters. The van der Waals surface area contributed by atoms with Crippen molar-refractivity contribution >= 4 is 16.9 Å². The minimum atomic E-state index is -4.42. The third-order valence-electron chi connectivity index (χ3n) is 5.41. The van der Waals surface area contributed by atoms with Crippen molar-refractivity contribution in [3.05, 3.63) is 23.8 Å². The highest BCUT2D eigenvalue weighted by molar-refractivity contribution is 8.14. The summed E-state index contributed by atoms with van der Waals surface area (Å²) >= 11 is 1.17. The van der Waals surface area contributed by atoms with Crippen LogP contribution in [0.25, 0.3) is 0 Å². The summed E-state index contributed by atoms with van der Waals surface area (Å²) in [7, 11) is 0. The van der Waals surface area contributed by atoms with Crippen LogP contribution in [-0.4, -0.2) is 59.6 Å². The normalized spacial score (nSPS) is 35.9. The van der Waals surface area contributed by atoms with Crippen molar-refractivity contribution in [2.45, 2.75) is 54.8 Å². The zero-order chi connectivity index (χ0) is 20.2. The minimum Gasteiger partial charge on any atom is -0.454 e. The fourth-order valence-corrected chi connectivity index (χ4v) is 5.15. The maximum absolute atomic E-state index is 13.6. The number of rotatable bonds is 2. The van der Waals surface area contributed by atoms with Gasteiger partial charge in [0, 0.05) is 11.7 Å². The summed E-state index contributed by atoms with van der Waals surface area (Å²) in [6.45, 7) is 0.399. The molecule has 0 saturated carbocycles. The van der Waals surface area contributed by atoms with E-state index in [1.54, 1.807) is 18.2 Å². The van der Waals surface area contributed by atoms with E-state index in [1.165, 1.54) is 11.8 Å². The molecule has 2 saturated heterocycles. The van der Waals surface area contributed by atoms with Gasteiger partial charge in [0.25, 0.3) is 0 Å². The summed E-state index contributed by atoms with van der Waals surface area (Å²) in [5.41, 5.74) is 0.632. The molecule has 1 aromatic rings. The average Bonchev–Trinajstić information content (AvgIpc) is 3.32. The van der Waals surface area contributed by atoms with E-state index in [9.17, 15) is 18.3 Å². The predicted molar refractivity (Wildman–Crippen MR) is 97.0 cm³/mol. The van der Waals surface area contributed by atoms with Crippen LogP contribution in [0.15, 0.2) is 23.2 Å². The Kier molecular flexibility index (Phi) is 4.80. The molecule has 2 N–H and O–H groups in total. The van der Waals surface area contributed by atoms with E-state index in [0.717, 1.165) is 0 Å². The number of thioether (sulfide) groups is 1. The van der Waals surface area contributed by atoms with Crippen molar-refractivity contribution in [2.24, 2.45) is 4.99 Å². The van der Waals surface area contributed by atoms with Crippen molar-refractivity contribution in [2.75, 3.05) is 13.4 Å². The molecule has 4 heterocycles. The van der Waals surface area contributed by atoms with Crippen LogP contribution < -0.4 is 14.8 Å². The largest absolute Gasteiger partial charge is 0.454 e. The van der Waals surface area contributed by atoms with Gasteiger partial charge in [0.2, 0.25) is 6.79 Å². The molecule has 2 bridgehead atoms. The molecule has 0 aliphatic carbocycles. The summed E-state index contributed by atoms with van der Waals surface area (Å²) in [6.07, 6.45) is -6.01. The van der Waals surface area contributed by atoms with Crippen LogP contribution in [-0.2, 0) is 9.47 Å². The van der Waals surface area contributed by atoms with Gasteiger partial charge in [0.15, 0.2) is 23.0 Å². The lowest BCUT2D eigenvalue weighted by Gasteiger charge is -2.34. The smallest absolute Gasteiger partial charge is 0.408 e. The number of nitrogens with one attached hydrogen (secondary N) is 1. The number of alkyl halides is 3. The van der Waals surface area contributed by atoms with Crippen LogP contribution in [0.4, 0.5) is 13.2 Å². The SMILES string of the molecule is O[C@@H]1C[C@H](SC2=N[C@H](c3ccc4c(c3)OCO4)C[C@@H](C(F)(F)F)N2)[C@H]2CO[C@H]1O2. The monoisotopic (exact) mass is 432 g/mol. The van der Waals surface area contributed by atoms with Crippen molar-refractivity contribution in [3.63, 3.8) is 0 Å². The lowest BCUT2D eigenvalue weighted by Crippen LogP contribution is -2.49. The van der Waals surface area contributed by atoms with E-state index in [4.69, 9.17) is 18.9 Å². The number of benzene rings is 1. The van der Waals surface area contributed by atoms with Gasteiger partial charge in [-0.1, -0.05) is 17.8 Å². The summed E-state index contributed by atoms with van der Waals surface area (Å²) < 4.78 is 62.2. The summed E-state index contributed by atoms with van der Waals surface area (Å²) in [5.74, 6) is 1.07. The van der Waals surface area contributed by atoms with Crippen LogP contribution in [0.2, 0.25) is 0 Å². The molecule has 4 aliphatic heterocycles. The van der Waals surface area contributed by atoms with E-state index in [2.05, 4.69) is 10.3 Å². The van der Waals surface area contributed by atoms with E-state index in [0.29, 0.717) is 30.1 Å². The standard InChI is InChI=1S/C18H19F3N2O5S/c19-18(20,21)15-4-9(8-1-2-11-12(3-8)27-7-26-11)22-17(23-15)29-14-5-10(24)16-25-6-13(14)28-16/h1-3,9-10,13-16,24H,4-7H2,(H,22,23)/t9-,10+,13+,14-,15-,16-/m0/s1. The van der Waals surface area contributed by atoms with Gasteiger partial charge in [-0.05, 0) is 24.1 Å². The molecule has 6 atom stereocenters. The van der Waals surface area contributed by atoms with Gasteiger partial charge in [-0.2, -0.15) is 13.2 Å². The summed E-state index contributed by atoms with van der Waals surface area (Å²) in [6, 6.07) is 2.68. The Labute approximate surface area is 168 Å². The molecular weight excluding hydrogens is 413 g/mol. The molecule has 5 rings (SSSR count). The first kappa shape index (κ1) is 19.3. The number of fused-ring (bicyclic) bond motifs is 3.